The summed E-state index contributed by atoms with van der Waals surface area (Å²) in [5.41, 5.74) is 1.39. The number of carbonyl (C=O) groups excluding carboxylic acids is 1. The molecule has 106 valence electrons. The molecule has 19 heavy (non-hydrogen) atoms. The molecule has 0 spiro atoms. The van der Waals surface area contributed by atoms with Crippen LogP contribution in [0.15, 0.2) is 24.4 Å². The summed E-state index contributed by atoms with van der Waals surface area (Å²) >= 11 is 0. The molecule has 0 saturated carbocycles. The van der Waals surface area contributed by atoms with Gasteiger partial charge in [-0.15, -0.1) is 0 Å². The highest BCUT2D eigenvalue weighted by Gasteiger charge is 2.03. The minimum Gasteiger partial charge on any atom is -0.550 e. The van der Waals surface area contributed by atoms with Crippen LogP contribution in [0.2, 0.25) is 0 Å². The summed E-state index contributed by atoms with van der Waals surface area (Å²) in [5, 5.41) is 10.2. The number of nitrogens with zero attached hydrogens (tertiary/aromatic N) is 1. The standard InChI is InChI=1S/C16H25NO2/c1-17-14-10-9-12-15(17)11-7-5-3-2-4-6-8-13-16(18)19/h9-10,12,14H,2-8,11,13H2,1H3. The number of aryl methyl sites for hydroxylation is 2. The summed E-state index contributed by atoms with van der Waals surface area (Å²) in [4.78, 5) is 10.2. The van der Waals surface area contributed by atoms with Crippen molar-refractivity contribution >= 4 is 5.97 Å². The fourth-order valence-electron chi connectivity index (χ4n) is 2.28. The van der Waals surface area contributed by atoms with E-state index in [9.17, 15) is 9.90 Å². The molecule has 0 atom stereocenters. The average molecular weight is 263 g/mol. The van der Waals surface area contributed by atoms with Crippen LogP contribution in [0.1, 0.15) is 57.1 Å². The van der Waals surface area contributed by atoms with Gasteiger partial charge in [0, 0.05) is 24.5 Å². The van der Waals surface area contributed by atoms with Crippen molar-refractivity contribution in [2.24, 2.45) is 7.05 Å². The molecule has 0 fully saturated rings. The number of hydrogen-bond acceptors (Lipinski definition) is 2. The topological polar surface area (TPSA) is 44.0 Å². The second-order valence-corrected chi connectivity index (χ2v) is 5.15. The van der Waals surface area contributed by atoms with E-state index >= 15 is 0 Å². The molecule has 0 aliphatic heterocycles. The zero-order chi connectivity index (χ0) is 13.9. The molecule has 1 heterocycles. The Bertz CT molecular complexity index is 377. The van der Waals surface area contributed by atoms with E-state index in [0.717, 1.165) is 25.7 Å². The van der Waals surface area contributed by atoms with Crippen LogP contribution in [0.5, 0.6) is 0 Å². The van der Waals surface area contributed by atoms with Gasteiger partial charge in [0.15, 0.2) is 11.9 Å². The van der Waals surface area contributed by atoms with Crippen molar-refractivity contribution in [3.05, 3.63) is 30.1 Å². The number of aliphatic carboxylic acids is 1. The predicted molar refractivity (Wildman–Crippen MR) is 73.3 cm³/mol. The first-order valence-electron chi connectivity index (χ1n) is 7.33. The Kier molecular flexibility index (Phi) is 7.87. The van der Waals surface area contributed by atoms with Crippen molar-refractivity contribution in [1.29, 1.82) is 0 Å². The smallest absolute Gasteiger partial charge is 0.181 e. The van der Waals surface area contributed by atoms with Crippen molar-refractivity contribution in [3.63, 3.8) is 0 Å². The molecule has 0 aliphatic rings. The van der Waals surface area contributed by atoms with E-state index in [1.54, 1.807) is 0 Å². The molecule has 1 rings (SSSR count). The first kappa shape index (κ1) is 15.7. The lowest BCUT2D eigenvalue weighted by Gasteiger charge is -2.03. The van der Waals surface area contributed by atoms with E-state index in [2.05, 4.69) is 36.0 Å². The Morgan fingerprint density at radius 2 is 1.68 bits per heavy atom. The highest BCUT2D eigenvalue weighted by atomic mass is 16.4. The molecule has 1 aromatic heterocycles. The Labute approximate surface area is 116 Å². The average Bonchev–Trinajstić information content (AvgIpc) is 2.38. The van der Waals surface area contributed by atoms with Crippen molar-refractivity contribution < 1.29 is 14.5 Å². The van der Waals surface area contributed by atoms with Crippen molar-refractivity contribution in [2.75, 3.05) is 0 Å². The third kappa shape index (κ3) is 7.60. The molecule has 0 radical (unpaired) electrons. The van der Waals surface area contributed by atoms with Gasteiger partial charge in [0.05, 0.1) is 0 Å². The minimum absolute atomic E-state index is 0.213. The lowest BCUT2D eigenvalue weighted by molar-refractivity contribution is -0.679. The second kappa shape index (κ2) is 9.54. The van der Waals surface area contributed by atoms with Crippen LogP contribution in [0, 0.1) is 0 Å². The van der Waals surface area contributed by atoms with Crippen LogP contribution in [0.25, 0.3) is 0 Å². The number of carbonyl (C=O) groups is 1. The van der Waals surface area contributed by atoms with E-state index in [1.807, 2.05) is 0 Å². The minimum atomic E-state index is -0.921. The van der Waals surface area contributed by atoms with Crippen molar-refractivity contribution in [3.8, 4) is 0 Å². The van der Waals surface area contributed by atoms with Gasteiger partial charge >= 0.3 is 0 Å². The third-order valence-electron chi connectivity index (χ3n) is 3.48. The zero-order valence-corrected chi connectivity index (χ0v) is 11.9. The van der Waals surface area contributed by atoms with E-state index in [1.165, 1.54) is 31.4 Å². The molecule has 3 nitrogen and oxygen atoms in total. The summed E-state index contributed by atoms with van der Waals surface area (Å²) in [6.45, 7) is 0. The SMILES string of the molecule is C[n+]1ccccc1CCCCCCCCCC(=O)[O-]. The number of carboxylic acids is 1. The lowest BCUT2D eigenvalue weighted by Crippen LogP contribution is -2.32. The number of unbranched alkanes of at least 4 members (excludes halogenated alkanes) is 6. The molecule has 0 amide bonds. The van der Waals surface area contributed by atoms with E-state index in [4.69, 9.17) is 0 Å². The maximum absolute atomic E-state index is 10.2. The Morgan fingerprint density at radius 3 is 2.32 bits per heavy atom. The van der Waals surface area contributed by atoms with Gasteiger partial charge in [-0.05, 0) is 19.3 Å². The summed E-state index contributed by atoms with van der Waals surface area (Å²) in [6.07, 6.45) is 11.3. The summed E-state index contributed by atoms with van der Waals surface area (Å²) in [7, 11) is 2.09. The summed E-state index contributed by atoms with van der Waals surface area (Å²) in [6, 6.07) is 6.32. The molecule has 0 bridgehead atoms. The first-order valence-corrected chi connectivity index (χ1v) is 7.33. The van der Waals surface area contributed by atoms with Gasteiger partial charge in [-0.1, -0.05) is 38.2 Å². The fraction of sp³-hybridized carbons (Fsp3) is 0.625. The van der Waals surface area contributed by atoms with Crippen LogP contribution in [0.3, 0.4) is 0 Å². The van der Waals surface area contributed by atoms with Gasteiger partial charge < -0.3 is 9.90 Å². The van der Waals surface area contributed by atoms with Crippen molar-refractivity contribution in [1.82, 2.24) is 0 Å². The fourth-order valence-corrected chi connectivity index (χ4v) is 2.28. The number of hydrogen-bond donors (Lipinski definition) is 0. The third-order valence-corrected chi connectivity index (χ3v) is 3.48. The van der Waals surface area contributed by atoms with Crippen LogP contribution in [-0.4, -0.2) is 5.97 Å². The van der Waals surface area contributed by atoms with Gasteiger partial charge in [0.2, 0.25) is 0 Å². The summed E-state index contributed by atoms with van der Waals surface area (Å²) in [5.74, 6) is -0.921. The van der Waals surface area contributed by atoms with Gasteiger partial charge in [-0.25, -0.2) is 4.57 Å². The van der Waals surface area contributed by atoms with Gasteiger partial charge in [0.25, 0.3) is 0 Å². The number of carboxylic acid groups (broad SMARTS) is 1. The van der Waals surface area contributed by atoms with Crippen LogP contribution in [-0.2, 0) is 18.3 Å². The number of aromatic nitrogens is 1. The molecule has 3 heteroatoms. The van der Waals surface area contributed by atoms with Gasteiger partial charge in [-0.2, -0.15) is 0 Å². The first-order chi connectivity index (χ1) is 9.20. The predicted octanol–water partition coefficient (Wildman–Crippen LogP) is 1.92. The molecule has 0 aliphatic carbocycles. The van der Waals surface area contributed by atoms with Crippen LogP contribution < -0.4 is 9.67 Å². The second-order valence-electron chi connectivity index (χ2n) is 5.15. The monoisotopic (exact) mass is 263 g/mol. The molecule has 0 unspecified atom stereocenters. The van der Waals surface area contributed by atoms with Gasteiger partial charge in [0.1, 0.15) is 7.05 Å². The quantitative estimate of drug-likeness (QED) is 0.478. The molecule has 1 aromatic rings. The van der Waals surface area contributed by atoms with Gasteiger partial charge in [-0.3, -0.25) is 0 Å². The van der Waals surface area contributed by atoms with E-state index in [-0.39, 0.29) is 6.42 Å². The van der Waals surface area contributed by atoms with Crippen molar-refractivity contribution in [2.45, 2.75) is 57.8 Å². The molecule has 0 saturated heterocycles. The number of rotatable bonds is 10. The van der Waals surface area contributed by atoms with E-state index < -0.39 is 5.97 Å². The largest absolute Gasteiger partial charge is 0.550 e. The van der Waals surface area contributed by atoms with Crippen LogP contribution in [0.4, 0.5) is 0 Å². The number of pyridine rings is 1. The lowest BCUT2D eigenvalue weighted by atomic mass is 10.1. The molecular formula is C16H25NO2. The Morgan fingerprint density at radius 1 is 1.05 bits per heavy atom. The highest BCUT2D eigenvalue weighted by Crippen LogP contribution is 2.09. The molecule has 0 aromatic carbocycles. The molecular weight excluding hydrogens is 238 g/mol. The summed E-state index contributed by atoms with van der Waals surface area (Å²) < 4.78 is 2.18. The normalized spacial score (nSPS) is 10.6. The maximum atomic E-state index is 10.2. The Balaban J connectivity index is 1.94. The highest BCUT2D eigenvalue weighted by molar-refractivity contribution is 5.63. The maximum Gasteiger partial charge on any atom is 0.181 e. The Hall–Kier alpha value is -1.38. The zero-order valence-electron chi connectivity index (χ0n) is 11.9. The molecule has 0 N–H and O–H groups in total. The van der Waals surface area contributed by atoms with E-state index in [0.29, 0.717) is 0 Å². The van der Waals surface area contributed by atoms with Crippen LogP contribution >= 0.6 is 0 Å².